The second-order valence-corrected chi connectivity index (χ2v) is 8.38. The fraction of sp³-hybridized carbons (Fsp3) is 0.739. The molecule has 6 nitrogen and oxygen atoms in total. The number of β-amino-alcohol motifs (C(OH)–C–C–N with tert-alkyl or cyclic N) is 1. The summed E-state index contributed by atoms with van der Waals surface area (Å²) in [6, 6.07) is 6.19. The number of ether oxygens (including phenoxy) is 2. The van der Waals surface area contributed by atoms with Crippen LogP contribution in [0.4, 0.5) is 0 Å². The summed E-state index contributed by atoms with van der Waals surface area (Å²) < 4.78 is 11.5. The number of rotatable bonds is 9. The van der Waals surface area contributed by atoms with Gasteiger partial charge >= 0.3 is 0 Å². The van der Waals surface area contributed by atoms with E-state index in [4.69, 9.17) is 9.47 Å². The highest BCUT2D eigenvalue weighted by Gasteiger charge is 2.19. The van der Waals surface area contributed by atoms with Gasteiger partial charge in [-0.05, 0) is 50.2 Å². The molecule has 2 saturated heterocycles. The maximum Gasteiger partial charge on any atom is 0.161 e. The van der Waals surface area contributed by atoms with Crippen LogP contribution >= 0.6 is 0 Å². The van der Waals surface area contributed by atoms with E-state index in [9.17, 15) is 5.11 Å². The first-order valence-corrected chi connectivity index (χ1v) is 11.3. The number of aliphatic hydroxyl groups excluding tert-OH is 1. The van der Waals surface area contributed by atoms with Gasteiger partial charge in [-0.25, -0.2) is 0 Å². The fourth-order valence-corrected chi connectivity index (χ4v) is 4.31. The number of aliphatic hydroxyl groups is 1. The molecule has 2 aliphatic rings. The Morgan fingerprint density at radius 3 is 2.24 bits per heavy atom. The molecule has 164 valence electrons. The molecule has 0 radical (unpaired) electrons. The topological polar surface area (TPSA) is 48.4 Å². The molecule has 0 aromatic heterocycles. The van der Waals surface area contributed by atoms with E-state index in [0.717, 1.165) is 45.0 Å². The first-order valence-electron chi connectivity index (χ1n) is 11.3. The highest BCUT2D eigenvalue weighted by atomic mass is 16.5. The molecule has 1 atom stereocenters. The van der Waals surface area contributed by atoms with Crippen LogP contribution in [-0.4, -0.2) is 92.0 Å². The molecule has 1 N–H and O–H groups in total. The van der Waals surface area contributed by atoms with E-state index in [1.807, 2.05) is 6.07 Å². The lowest BCUT2D eigenvalue weighted by Gasteiger charge is -2.34. The van der Waals surface area contributed by atoms with Gasteiger partial charge < -0.3 is 19.5 Å². The van der Waals surface area contributed by atoms with Crippen LogP contribution in [0, 0.1) is 0 Å². The molecule has 6 heteroatoms. The number of benzene rings is 1. The molecule has 1 aromatic carbocycles. The van der Waals surface area contributed by atoms with Crippen LogP contribution < -0.4 is 9.47 Å². The molecule has 0 aliphatic carbocycles. The van der Waals surface area contributed by atoms with Gasteiger partial charge in [-0.2, -0.15) is 0 Å². The Morgan fingerprint density at radius 1 is 0.897 bits per heavy atom. The van der Waals surface area contributed by atoms with Crippen molar-refractivity contribution in [1.29, 1.82) is 0 Å². The highest BCUT2D eigenvalue weighted by molar-refractivity contribution is 5.43. The average Bonchev–Trinajstić information content (AvgIpc) is 3.02. The number of likely N-dealkylation sites (tertiary alicyclic amines) is 1. The van der Waals surface area contributed by atoms with Gasteiger partial charge in [0, 0.05) is 39.3 Å². The Hall–Kier alpha value is -1.34. The Balaban J connectivity index is 1.47. The van der Waals surface area contributed by atoms with Gasteiger partial charge in [0.05, 0.1) is 7.11 Å². The molecule has 2 aliphatic heterocycles. The average molecular weight is 406 g/mol. The van der Waals surface area contributed by atoms with E-state index in [1.54, 1.807) is 7.11 Å². The third-order valence-corrected chi connectivity index (χ3v) is 6.15. The van der Waals surface area contributed by atoms with Gasteiger partial charge in [0.1, 0.15) is 12.7 Å². The quantitative estimate of drug-likeness (QED) is 0.681. The van der Waals surface area contributed by atoms with Crippen molar-refractivity contribution in [3.05, 3.63) is 23.8 Å². The van der Waals surface area contributed by atoms with E-state index in [1.165, 1.54) is 44.3 Å². The minimum Gasteiger partial charge on any atom is -0.493 e. The number of hydrogen-bond acceptors (Lipinski definition) is 6. The van der Waals surface area contributed by atoms with Crippen molar-refractivity contribution in [3.8, 4) is 11.5 Å². The summed E-state index contributed by atoms with van der Waals surface area (Å²) in [4.78, 5) is 7.30. The van der Waals surface area contributed by atoms with Crippen molar-refractivity contribution in [2.24, 2.45) is 0 Å². The number of hydrogen-bond donors (Lipinski definition) is 1. The largest absolute Gasteiger partial charge is 0.493 e. The van der Waals surface area contributed by atoms with E-state index >= 15 is 0 Å². The molecule has 0 amide bonds. The van der Waals surface area contributed by atoms with Gasteiger partial charge in [-0.3, -0.25) is 9.80 Å². The first kappa shape index (κ1) is 22.3. The Kier molecular flexibility index (Phi) is 9.05. The van der Waals surface area contributed by atoms with E-state index in [2.05, 4.69) is 33.8 Å². The van der Waals surface area contributed by atoms with Gasteiger partial charge in [0.2, 0.25) is 0 Å². The summed E-state index contributed by atoms with van der Waals surface area (Å²) in [5, 5.41) is 10.4. The zero-order chi connectivity index (χ0) is 20.5. The van der Waals surface area contributed by atoms with Crippen molar-refractivity contribution >= 4 is 0 Å². The lowest BCUT2D eigenvalue weighted by molar-refractivity contribution is 0.0464. The molecule has 2 heterocycles. The Bertz CT molecular complexity index is 597. The van der Waals surface area contributed by atoms with Gasteiger partial charge in [0.25, 0.3) is 0 Å². The van der Waals surface area contributed by atoms with Crippen LogP contribution in [0.25, 0.3) is 0 Å². The molecule has 2 fully saturated rings. The molecule has 0 saturated carbocycles. The second kappa shape index (κ2) is 11.7. The maximum atomic E-state index is 10.4. The number of nitrogens with zero attached hydrogens (tertiary/aromatic N) is 3. The third kappa shape index (κ3) is 7.14. The van der Waals surface area contributed by atoms with Gasteiger partial charge in [-0.1, -0.05) is 25.8 Å². The van der Waals surface area contributed by atoms with Crippen molar-refractivity contribution < 1.29 is 14.6 Å². The molecule has 1 aromatic rings. The van der Waals surface area contributed by atoms with Crippen LogP contribution in [0.3, 0.4) is 0 Å². The summed E-state index contributed by atoms with van der Waals surface area (Å²) in [7, 11) is 1.68. The molecule has 1 unspecified atom stereocenters. The third-order valence-electron chi connectivity index (χ3n) is 6.15. The van der Waals surface area contributed by atoms with Crippen molar-refractivity contribution in [2.45, 2.75) is 45.3 Å². The van der Waals surface area contributed by atoms with E-state index < -0.39 is 6.10 Å². The predicted molar refractivity (Wildman–Crippen MR) is 117 cm³/mol. The smallest absolute Gasteiger partial charge is 0.161 e. The van der Waals surface area contributed by atoms with Crippen LogP contribution in [-0.2, 0) is 6.54 Å². The predicted octanol–water partition coefficient (Wildman–Crippen LogP) is 2.45. The standard InChI is InChI=1S/C23H39N3O3/c1-3-24-12-14-26(15-13-24)18-21(27)19-29-22-9-8-20(16-23(22)28-2)17-25-10-6-4-5-7-11-25/h8-9,16,21,27H,3-7,10-15,17-19H2,1-2H3. The summed E-state index contributed by atoms with van der Waals surface area (Å²) in [6.45, 7) is 11.8. The fourth-order valence-electron chi connectivity index (χ4n) is 4.31. The Labute approximate surface area is 176 Å². The minimum absolute atomic E-state index is 0.288. The molecule has 3 rings (SSSR count). The summed E-state index contributed by atoms with van der Waals surface area (Å²) in [6.07, 6.45) is 4.80. The normalized spacial score (nSPS) is 20.9. The summed E-state index contributed by atoms with van der Waals surface area (Å²) in [5.41, 5.74) is 1.26. The summed E-state index contributed by atoms with van der Waals surface area (Å²) in [5.74, 6) is 1.46. The minimum atomic E-state index is -0.496. The zero-order valence-electron chi connectivity index (χ0n) is 18.3. The van der Waals surface area contributed by atoms with Crippen LogP contribution in [0.1, 0.15) is 38.2 Å². The van der Waals surface area contributed by atoms with Crippen molar-refractivity contribution in [1.82, 2.24) is 14.7 Å². The molecule has 29 heavy (non-hydrogen) atoms. The van der Waals surface area contributed by atoms with Crippen molar-refractivity contribution in [2.75, 3.05) is 66.1 Å². The van der Waals surface area contributed by atoms with E-state index in [0.29, 0.717) is 12.3 Å². The van der Waals surface area contributed by atoms with Crippen LogP contribution in [0.2, 0.25) is 0 Å². The molecular formula is C23H39N3O3. The van der Waals surface area contributed by atoms with Crippen LogP contribution in [0.15, 0.2) is 18.2 Å². The highest BCUT2D eigenvalue weighted by Crippen LogP contribution is 2.29. The zero-order valence-corrected chi connectivity index (χ0v) is 18.3. The monoisotopic (exact) mass is 405 g/mol. The lowest BCUT2D eigenvalue weighted by atomic mass is 10.2. The van der Waals surface area contributed by atoms with Crippen LogP contribution in [0.5, 0.6) is 11.5 Å². The van der Waals surface area contributed by atoms with E-state index in [-0.39, 0.29) is 6.61 Å². The number of methoxy groups -OCH3 is 1. The second-order valence-electron chi connectivity index (χ2n) is 8.38. The van der Waals surface area contributed by atoms with Crippen molar-refractivity contribution in [3.63, 3.8) is 0 Å². The number of piperazine rings is 1. The first-order chi connectivity index (χ1) is 14.2. The summed E-state index contributed by atoms with van der Waals surface area (Å²) >= 11 is 0. The molecular weight excluding hydrogens is 366 g/mol. The Morgan fingerprint density at radius 2 is 1.59 bits per heavy atom. The SMILES string of the molecule is CCN1CCN(CC(O)COc2ccc(CN3CCCCCC3)cc2OC)CC1. The maximum absolute atomic E-state index is 10.4. The molecule has 0 bridgehead atoms. The molecule has 0 spiro atoms. The van der Waals surface area contributed by atoms with Gasteiger partial charge in [0.15, 0.2) is 11.5 Å². The lowest BCUT2D eigenvalue weighted by Crippen LogP contribution is -2.49. The van der Waals surface area contributed by atoms with Gasteiger partial charge in [-0.15, -0.1) is 0 Å². The number of likely N-dealkylation sites (N-methyl/N-ethyl adjacent to an activating group) is 1.